The van der Waals surface area contributed by atoms with Crippen LogP contribution < -0.4 is 4.90 Å². The molecule has 3 saturated heterocycles. The van der Waals surface area contributed by atoms with Crippen LogP contribution in [0, 0.1) is 17.7 Å². The minimum absolute atomic E-state index is 0.114. The van der Waals surface area contributed by atoms with Gasteiger partial charge < -0.3 is 4.74 Å². The summed E-state index contributed by atoms with van der Waals surface area (Å²) >= 11 is 6.05. The lowest BCUT2D eigenvalue weighted by molar-refractivity contribution is -0.124. The second kappa shape index (κ2) is 5.62. The Kier molecular flexibility index (Phi) is 3.45. The van der Waals surface area contributed by atoms with Crippen molar-refractivity contribution in [3.05, 3.63) is 46.9 Å². The number of imide groups is 1. The van der Waals surface area contributed by atoms with Crippen LogP contribution in [0.5, 0.6) is 0 Å². The number of aromatic nitrogens is 2. The third-order valence-electron chi connectivity index (χ3n) is 5.52. The first-order valence-corrected chi connectivity index (χ1v) is 8.92. The number of ether oxygens (including phenoxy) is 1. The summed E-state index contributed by atoms with van der Waals surface area (Å²) in [6.07, 6.45) is 2.92. The molecule has 0 radical (unpaired) electrons. The summed E-state index contributed by atoms with van der Waals surface area (Å²) in [5, 5.41) is 4.61. The van der Waals surface area contributed by atoms with Crippen molar-refractivity contribution in [3.63, 3.8) is 0 Å². The highest BCUT2D eigenvalue weighted by Gasteiger charge is 2.63. The predicted molar refractivity (Wildman–Crippen MR) is 90.1 cm³/mol. The van der Waals surface area contributed by atoms with E-state index in [4.69, 9.17) is 16.3 Å². The fourth-order valence-electron chi connectivity index (χ4n) is 4.34. The van der Waals surface area contributed by atoms with Crippen LogP contribution in [0.3, 0.4) is 0 Å². The van der Waals surface area contributed by atoms with Gasteiger partial charge >= 0.3 is 0 Å². The molecule has 4 atom stereocenters. The quantitative estimate of drug-likeness (QED) is 0.773. The number of benzene rings is 1. The third-order valence-corrected chi connectivity index (χ3v) is 5.88. The monoisotopic (exact) mass is 375 g/mol. The zero-order valence-corrected chi connectivity index (χ0v) is 14.4. The normalized spacial score (nSPS) is 29.7. The van der Waals surface area contributed by atoms with Crippen molar-refractivity contribution in [3.8, 4) is 0 Å². The van der Waals surface area contributed by atoms with Crippen LogP contribution in [0.15, 0.2) is 30.5 Å². The largest absolute Gasteiger partial charge is 0.373 e. The molecule has 6 nitrogen and oxygen atoms in total. The molecule has 8 heteroatoms. The molecule has 26 heavy (non-hydrogen) atoms. The number of fused-ring (bicyclic) bond motifs is 5. The van der Waals surface area contributed by atoms with Gasteiger partial charge in [0.15, 0.2) is 5.82 Å². The Morgan fingerprint density at radius 2 is 1.85 bits per heavy atom. The number of halogens is 2. The number of amides is 2. The van der Waals surface area contributed by atoms with Gasteiger partial charge in [0.1, 0.15) is 5.82 Å². The van der Waals surface area contributed by atoms with Gasteiger partial charge in [0.2, 0.25) is 11.8 Å². The van der Waals surface area contributed by atoms with Crippen LogP contribution >= 0.6 is 11.6 Å². The van der Waals surface area contributed by atoms with Crippen LogP contribution in [0.4, 0.5) is 10.2 Å². The van der Waals surface area contributed by atoms with Crippen LogP contribution in [0.1, 0.15) is 18.4 Å². The first-order chi connectivity index (χ1) is 12.5. The maximum atomic E-state index is 14.0. The van der Waals surface area contributed by atoms with Crippen molar-refractivity contribution in [2.24, 2.45) is 11.8 Å². The van der Waals surface area contributed by atoms with E-state index in [0.717, 1.165) is 17.7 Å². The molecule has 4 heterocycles. The average Bonchev–Trinajstić information content (AvgIpc) is 3.36. The standard InChI is InChI=1S/C18H15ClFN3O3/c19-10-2-1-3-11(20)9(10)8-22-7-6-14(21-22)23-17(24)15-12-4-5-13(26-12)16(15)18(23)25/h1-3,6-7,12-13,15-16H,4-5,8H2/t12-,13+,15+,16-. The lowest BCUT2D eigenvalue weighted by atomic mass is 9.81. The molecule has 0 spiro atoms. The minimum Gasteiger partial charge on any atom is -0.373 e. The highest BCUT2D eigenvalue weighted by molar-refractivity contribution is 6.31. The molecule has 0 N–H and O–H groups in total. The molecule has 0 saturated carbocycles. The number of nitrogens with zero attached hydrogens (tertiary/aromatic N) is 3. The molecule has 1 aromatic heterocycles. The number of hydrogen-bond acceptors (Lipinski definition) is 4. The smallest absolute Gasteiger partial charge is 0.241 e. The topological polar surface area (TPSA) is 64.4 Å². The Morgan fingerprint density at radius 3 is 2.50 bits per heavy atom. The lowest BCUT2D eigenvalue weighted by Gasteiger charge is -2.15. The lowest BCUT2D eigenvalue weighted by Crippen LogP contribution is -2.34. The number of carbonyl (C=O) groups is 2. The van der Waals surface area contributed by atoms with E-state index in [1.54, 1.807) is 18.3 Å². The second-order valence-corrected chi connectivity index (χ2v) is 7.33. The minimum atomic E-state index is -0.425. The van der Waals surface area contributed by atoms with Gasteiger partial charge in [0, 0.05) is 22.8 Å². The molecule has 2 amide bonds. The Bertz CT molecular complexity index is 882. The molecular formula is C18H15ClFN3O3. The molecule has 2 aromatic rings. The van der Waals surface area contributed by atoms with Crippen molar-refractivity contribution >= 4 is 29.2 Å². The summed E-state index contributed by atoms with van der Waals surface area (Å²) in [6, 6.07) is 6.06. The first-order valence-electron chi connectivity index (χ1n) is 8.54. The molecule has 134 valence electrons. The maximum absolute atomic E-state index is 14.0. The van der Waals surface area contributed by atoms with E-state index >= 15 is 0 Å². The molecule has 2 bridgehead atoms. The zero-order chi connectivity index (χ0) is 18.0. The maximum Gasteiger partial charge on any atom is 0.241 e. The van der Waals surface area contributed by atoms with Crippen LogP contribution in [0.25, 0.3) is 0 Å². The van der Waals surface area contributed by atoms with Gasteiger partial charge in [-0.2, -0.15) is 5.10 Å². The molecular weight excluding hydrogens is 361 g/mol. The highest BCUT2D eigenvalue weighted by atomic mass is 35.5. The summed E-state index contributed by atoms with van der Waals surface area (Å²) < 4.78 is 21.2. The van der Waals surface area contributed by atoms with E-state index in [-0.39, 0.29) is 36.4 Å². The summed E-state index contributed by atoms with van der Waals surface area (Å²) in [4.78, 5) is 26.7. The molecule has 0 unspecified atom stereocenters. The van der Waals surface area contributed by atoms with Gasteiger partial charge in [0.05, 0.1) is 30.6 Å². The van der Waals surface area contributed by atoms with Gasteiger partial charge in [-0.05, 0) is 25.0 Å². The van der Waals surface area contributed by atoms with E-state index in [0.29, 0.717) is 10.6 Å². The Labute approximate surface area is 153 Å². The van der Waals surface area contributed by atoms with Gasteiger partial charge in [-0.15, -0.1) is 0 Å². The molecule has 5 rings (SSSR count). The Hall–Kier alpha value is -2.25. The van der Waals surface area contributed by atoms with E-state index < -0.39 is 17.7 Å². The number of rotatable bonds is 3. The van der Waals surface area contributed by atoms with Crippen molar-refractivity contribution in [1.29, 1.82) is 0 Å². The molecule has 1 aromatic carbocycles. The first kappa shape index (κ1) is 16.0. The third kappa shape index (κ3) is 2.17. The summed E-state index contributed by atoms with van der Waals surface area (Å²) in [6.45, 7) is 0.114. The fourth-order valence-corrected chi connectivity index (χ4v) is 4.56. The van der Waals surface area contributed by atoms with Crippen molar-refractivity contribution in [1.82, 2.24) is 9.78 Å². The SMILES string of the molecule is O=C1[C@@H]2[C@H](C(=O)N1c1ccn(Cc3c(F)cccc3Cl)n1)[C@@H]1CC[C@H]2O1. The van der Waals surface area contributed by atoms with Gasteiger partial charge in [-0.25, -0.2) is 9.29 Å². The van der Waals surface area contributed by atoms with E-state index in [1.165, 1.54) is 16.8 Å². The highest BCUT2D eigenvalue weighted by Crippen LogP contribution is 2.49. The van der Waals surface area contributed by atoms with E-state index in [1.807, 2.05) is 0 Å². The number of anilines is 1. The molecule has 3 fully saturated rings. The van der Waals surface area contributed by atoms with Gasteiger partial charge in [-0.1, -0.05) is 17.7 Å². The molecule has 3 aliphatic heterocycles. The van der Waals surface area contributed by atoms with E-state index in [9.17, 15) is 14.0 Å². The Morgan fingerprint density at radius 1 is 1.15 bits per heavy atom. The van der Waals surface area contributed by atoms with Crippen molar-refractivity contribution in [2.45, 2.75) is 31.6 Å². The second-order valence-electron chi connectivity index (χ2n) is 6.93. The zero-order valence-electron chi connectivity index (χ0n) is 13.6. The van der Waals surface area contributed by atoms with E-state index in [2.05, 4.69) is 5.10 Å². The number of carbonyl (C=O) groups excluding carboxylic acids is 2. The van der Waals surface area contributed by atoms with Crippen LogP contribution in [0.2, 0.25) is 5.02 Å². The predicted octanol–water partition coefficient (Wildman–Crippen LogP) is 2.39. The van der Waals surface area contributed by atoms with Gasteiger partial charge in [-0.3, -0.25) is 14.3 Å². The average molecular weight is 376 g/mol. The summed E-state index contributed by atoms with van der Waals surface area (Å²) in [7, 11) is 0. The number of hydrogen-bond donors (Lipinski definition) is 0. The molecule has 0 aliphatic carbocycles. The molecule has 3 aliphatic rings. The van der Waals surface area contributed by atoms with Crippen LogP contribution in [-0.2, 0) is 20.9 Å². The summed E-state index contributed by atoms with van der Waals surface area (Å²) in [5.74, 6) is -1.45. The van der Waals surface area contributed by atoms with Crippen molar-refractivity contribution in [2.75, 3.05) is 4.90 Å². The fraction of sp³-hybridized carbons (Fsp3) is 0.389. The Balaban J connectivity index is 1.42. The van der Waals surface area contributed by atoms with Gasteiger partial charge in [0.25, 0.3) is 0 Å². The van der Waals surface area contributed by atoms with Crippen molar-refractivity contribution < 1.29 is 18.7 Å². The van der Waals surface area contributed by atoms with Crippen LogP contribution in [-0.4, -0.2) is 33.8 Å². The summed E-state index contributed by atoms with van der Waals surface area (Å²) in [5.41, 5.74) is 0.311.